The molecule has 1 atom stereocenters. The number of urea groups is 1. The summed E-state index contributed by atoms with van der Waals surface area (Å²) in [6.45, 7) is 1.89. The van der Waals surface area contributed by atoms with E-state index in [-0.39, 0.29) is 18.7 Å². The number of hydrogen-bond donors (Lipinski definition) is 3. The fourth-order valence-electron chi connectivity index (χ4n) is 0.534. The predicted molar refractivity (Wildman–Crippen MR) is 38.8 cm³/mol. The van der Waals surface area contributed by atoms with Crippen molar-refractivity contribution in [2.45, 2.75) is 19.4 Å². The smallest absolute Gasteiger partial charge is 0.314 e. The summed E-state index contributed by atoms with van der Waals surface area (Å²) in [5, 5.41) is 13.6. The van der Waals surface area contributed by atoms with Crippen LogP contribution in [0.1, 0.15) is 13.3 Å². The van der Waals surface area contributed by atoms with Crippen LogP contribution in [0.5, 0.6) is 0 Å². The van der Waals surface area contributed by atoms with Gasteiger partial charge < -0.3 is 15.7 Å². The van der Waals surface area contributed by atoms with Crippen molar-refractivity contribution in [1.29, 1.82) is 0 Å². The number of amides is 2. The Kier molecular flexibility index (Phi) is 4.66. The van der Waals surface area contributed by atoms with E-state index in [1.165, 1.54) is 0 Å². The zero-order chi connectivity index (χ0) is 7.98. The highest BCUT2D eigenvalue weighted by Gasteiger charge is 2.05. The summed E-state index contributed by atoms with van der Waals surface area (Å²) >= 11 is 0. The lowest BCUT2D eigenvalue weighted by atomic mass is 10.2. The first-order chi connectivity index (χ1) is 4.74. The summed E-state index contributed by atoms with van der Waals surface area (Å²) in [6.07, 6.45) is 0.740. The maximum absolute atomic E-state index is 10.6. The van der Waals surface area contributed by atoms with Crippen LogP contribution < -0.4 is 10.6 Å². The average Bonchev–Trinajstić information content (AvgIpc) is 1.99. The highest BCUT2D eigenvalue weighted by atomic mass is 16.3. The van der Waals surface area contributed by atoms with Crippen LogP contribution in [0.4, 0.5) is 4.79 Å². The van der Waals surface area contributed by atoms with Crippen molar-refractivity contribution in [1.82, 2.24) is 10.6 Å². The Labute approximate surface area is 60.6 Å². The van der Waals surface area contributed by atoms with Gasteiger partial charge in [0.15, 0.2) is 0 Å². The van der Waals surface area contributed by atoms with Crippen LogP contribution in [0, 0.1) is 0 Å². The number of hydrogen-bond acceptors (Lipinski definition) is 2. The van der Waals surface area contributed by atoms with Gasteiger partial charge >= 0.3 is 6.03 Å². The van der Waals surface area contributed by atoms with Gasteiger partial charge in [0.1, 0.15) is 0 Å². The Bertz CT molecular complexity index is 102. The van der Waals surface area contributed by atoms with Gasteiger partial charge in [-0.3, -0.25) is 0 Å². The van der Waals surface area contributed by atoms with Gasteiger partial charge in [0, 0.05) is 7.05 Å². The maximum atomic E-state index is 10.6. The summed E-state index contributed by atoms with van der Waals surface area (Å²) in [4.78, 5) is 10.6. The summed E-state index contributed by atoms with van der Waals surface area (Å²) in [5.74, 6) is 0. The molecular weight excluding hydrogens is 132 g/mol. The summed E-state index contributed by atoms with van der Waals surface area (Å²) in [6, 6.07) is -0.374. The molecule has 0 aromatic heterocycles. The molecule has 0 saturated carbocycles. The number of aliphatic hydroxyl groups excluding tert-OH is 1. The van der Waals surface area contributed by atoms with Crippen molar-refractivity contribution in [2.75, 3.05) is 13.7 Å². The van der Waals surface area contributed by atoms with Gasteiger partial charge in [-0.2, -0.15) is 0 Å². The van der Waals surface area contributed by atoms with Crippen LogP contribution in [0.15, 0.2) is 0 Å². The van der Waals surface area contributed by atoms with E-state index >= 15 is 0 Å². The fourth-order valence-corrected chi connectivity index (χ4v) is 0.534. The molecule has 3 N–H and O–H groups in total. The molecule has 0 rings (SSSR count). The Balaban J connectivity index is 3.52. The Morgan fingerprint density at radius 2 is 2.30 bits per heavy atom. The average molecular weight is 146 g/mol. The van der Waals surface area contributed by atoms with Crippen LogP contribution in [-0.2, 0) is 0 Å². The number of carbonyl (C=O) groups excluding carboxylic acids is 1. The molecule has 0 spiro atoms. The first kappa shape index (κ1) is 9.23. The number of rotatable bonds is 3. The first-order valence-electron chi connectivity index (χ1n) is 3.33. The second kappa shape index (κ2) is 5.05. The highest BCUT2D eigenvalue weighted by molar-refractivity contribution is 5.73. The Morgan fingerprint density at radius 3 is 2.60 bits per heavy atom. The lowest BCUT2D eigenvalue weighted by Crippen LogP contribution is -2.41. The third-order valence-corrected chi connectivity index (χ3v) is 1.28. The minimum Gasteiger partial charge on any atom is -0.394 e. The van der Waals surface area contributed by atoms with Gasteiger partial charge in [-0.1, -0.05) is 6.92 Å². The molecule has 0 aliphatic rings. The van der Waals surface area contributed by atoms with Crippen molar-refractivity contribution >= 4 is 6.03 Å². The Hall–Kier alpha value is -0.770. The number of aliphatic hydroxyl groups is 1. The molecule has 0 saturated heterocycles. The fraction of sp³-hybridized carbons (Fsp3) is 0.833. The molecule has 2 amide bonds. The maximum Gasteiger partial charge on any atom is 0.314 e. The van der Waals surface area contributed by atoms with Crippen molar-refractivity contribution in [3.63, 3.8) is 0 Å². The van der Waals surface area contributed by atoms with E-state index in [1.54, 1.807) is 7.05 Å². The minimum atomic E-state index is -0.249. The SMILES string of the molecule is CC[C@@H](CO)NC(=O)NC. The van der Waals surface area contributed by atoms with E-state index in [0.29, 0.717) is 0 Å². The van der Waals surface area contributed by atoms with Crippen LogP contribution in [-0.4, -0.2) is 30.8 Å². The van der Waals surface area contributed by atoms with Crippen molar-refractivity contribution < 1.29 is 9.90 Å². The molecular formula is C6H14N2O2. The second-order valence-electron chi connectivity index (χ2n) is 2.01. The molecule has 0 aromatic rings. The standard InChI is InChI=1S/C6H14N2O2/c1-3-5(4-9)8-6(10)7-2/h5,9H,3-4H2,1-2H3,(H2,7,8,10)/t5-/m0/s1. The van der Waals surface area contributed by atoms with Crippen LogP contribution in [0.25, 0.3) is 0 Å². The highest BCUT2D eigenvalue weighted by Crippen LogP contribution is 1.86. The molecule has 4 nitrogen and oxygen atoms in total. The van der Waals surface area contributed by atoms with Gasteiger partial charge in [0.2, 0.25) is 0 Å². The number of nitrogens with one attached hydrogen (secondary N) is 2. The molecule has 0 aliphatic carbocycles. The Morgan fingerprint density at radius 1 is 1.70 bits per heavy atom. The normalized spacial score (nSPS) is 12.3. The molecule has 0 bridgehead atoms. The van der Waals surface area contributed by atoms with Crippen molar-refractivity contribution in [2.24, 2.45) is 0 Å². The molecule has 0 heterocycles. The van der Waals surface area contributed by atoms with Gasteiger partial charge in [-0.05, 0) is 6.42 Å². The van der Waals surface area contributed by atoms with E-state index in [9.17, 15) is 4.79 Å². The molecule has 0 aliphatic heterocycles. The van der Waals surface area contributed by atoms with E-state index in [4.69, 9.17) is 5.11 Å². The first-order valence-corrected chi connectivity index (χ1v) is 3.33. The molecule has 0 radical (unpaired) electrons. The van der Waals surface area contributed by atoms with E-state index < -0.39 is 0 Å². The van der Waals surface area contributed by atoms with Gasteiger partial charge in [0.05, 0.1) is 12.6 Å². The topological polar surface area (TPSA) is 61.4 Å². The molecule has 0 fully saturated rings. The summed E-state index contributed by atoms with van der Waals surface area (Å²) in [5.41, 5.74) is 0. The monoisotopic (exact) mass is 146 g/mol. The van der Waals surface area contributed by atoms with Gasteiger partial charge in [-0.15, -0.1) is 0 Å². The van der Waals surface area contributed by atoms with E-state index in [1.807, 2.05) is 6.92 Å². The van der Waals surface area contributed by atoms with Crippen LogP contribution >= 0.6 is 0 Å². The molecule has 60 valence electrons. The van der Waals surface area contributed by atoms with E-state index in [0.717, 1.165) is 6.42 Å². The van der Waals surface area contributed by atoms with Crippen molar-refractivity contribution in [3.8, 4) is 0 Å². The third-order valence-electron chi connectivity index (χ3n) is 1.28. The molecule has 0 aromatic carbocycles. The zero-order valence-corrected chi connectivity index (χ0v) is 6.35. The molecule has 0 unspecified atom stereocenters. The third kappa shape index (κ3) is 3.29. The number of carbonyl (C=O) groups is 1. The summed E-state index contributed by atoms with van der Waals surface area (Å²) in [7, 11) is 1.54. The van der Waals surface area contributed by atoms with Crippen LogP contribution in [0.2, 0.25) is 0 Å². The van der Waals surface area contributed by atoms with Crippen molar-refractivity contribution in [3.05, 3.63) is 0 Å². The lowest BCUT2D eigenvalue weighted by Gasteiger charge is -2.12. The minimum absolute atomic E-state index is 0.0100. The molecule has 10 heavy (non-hydrogen) atoms. The lowest BCUT2D eigenvalue weighted by molar-refractivity contribution is 0.216. The summed E-state index contributed by atoms with van der Waals surface area (Å²) < 4.78 is 0. The molecule has 4 heteroatoms. The quantitative estimate of drug-likeness (QED) is 0.511. The van der Waals surface area contributed by atoms with Crippen LogP contribution in [0.3, 0.4) is 0 Å². The van der Waals surface area contributed by atoms with Gasteiger partial charge in [-0.25, -0.2) is 4.79 Å². The predicted octanol–water partition coefficient (Wildman–Crippen LogP) is -0.314. The second-order valence-corrected chi connectivity index (χ2v) is 2.01. The largest absolute Gasteiger partial charge is 0.394 e. The van der Waals surface area contributed by atoms with Gasteiger partial charge in [0.25, 0.3) is 0 Å². The van der Waals surface area contributed by atoms with E-state index in [2.05, 4.69) is 10.6 Å². The zero-order valence-electron chi connectivity index (χ0n) is 6.35.